The quantitative estimate of drug-likeness (QED) is 0.258. The molecule has 0 saturated heterocycles. The standard InChI is InChI=1S/C26H16ClN/c27-22-15-8-16-23-25(22)24-20-13-6-4-11-18(20)19-12-5-7-14-21(19)26(24)28(23)17-9-2-1-3-10-17/h1-16H. The first-order valence-corrected chi connectivity index (χ1v) is 9.80. The molecule has 0 unspecified atom stereocenters. The van der Waals surface area contributed by atoms with Gasteiger partial charge in [0.05, 0.1) is 16.1 Å². The molecule has 0 bridgehead atoms. The Kier molecular flexibility index (Phi) is 3.29. The summed E-state index contributed by atoms with van der Waals surface area (Å²) in [4.78, 5) is 0. The number of rotatable bonds is 1. The topological polar surface area (TPSA) is 4.93 Å². The number of benzene rings is 5. The Bertz CT molecular complexity index is 1510. The summed E-state index contributed by atoms with van der Waals surface area (Å²) >= 11 is 6.78. The van der Waals surface area contributed by atoms with Crippen molar-refractivity contribution in [1.29, 1.82) is 0 Å². The lowest BCUT2D eigenvalue weighted by Gasteiger charge is -2.11. The molecule has 6 rings (SSSR count). The lowest BCUT2D eigenvalue weighted by Crippen LogP contribution is -1.94. The maximum atomic E-state index is 6.78. The molecule has 6 aromatic rings. The number of hydrogen-bond acceptors (Lipinski definition) is 0. The molecule has 1 nitrogen and oxygen atoms in total. The first kappa shape index (κ1) is 15.7. The number of aromatic nitrogens is 1. The molecule has 0 aliphatic rings. The van der Waals surface area contributed by atoms with Gasteiger partial charge in [-0.1, -0.05) is 84.4 Å². The Morgan fingerprint density at radius 3 is 1.86 bits per heavy atom. The highest BCUT2D eigenvalue weighted by Crippen LogP contribution is 2.44. The van der Waals surface area contributed by atoms with E-state index in [1.54, 1.807) is 0 Å². The van der Waals surface area contributed by atoms with E-state index in [-0.39, 0.29) is 0 Å². The van der Waals surface area contributed by atoms with E-state index in [1.807, 2.05) is 12.1 Å². The first-order valence-electron chi connectivity index (χ1n) is 9.42. The summed E-state index contributed by atoms with van der Waals surface area (Å²) in [6.07, 6.45) is 0. The Hall–Kier alpha value is -3.29. The molecule has 132 valence electrons. The van der Waals surface area contributed by atoms with Gasteiger partial charge in [0.15, 0.2) is 0 Å². The van der Waals surface area contributed by atoms with E-state index >= 15 is 0 Å². The third kappa shape index (κ3) is 2.02. The summed E-state index contributed by atoms with van der Waals surface area (Å²) < 4.78 is 2.35. The summed E-state index contributed by atoms with van der Waals surface area (Å²) in [6, 6.07) is 34.0. The van der Waals surface area contributed by atoms with Gasteiger partial charge in [-0.05, 0) is 40.4 Å². The SMILES string of the molecule is Clc1cccc2c1c1c3ccccc3c3ccccc3c1n2-c1ccccc1. The predicted molar refractivity (Wildman–Crippen MR) is 121 cm³/mol. The molecular weight excluding hydrogens is 362 g/mol. The zero-order chi connectivity index (χ0) is 18.7. The molecule has 1 aromatic heterocycles. The molecule has 0 aliphatic carbocycles. The Morgan fingerprint density at radius 1 is 0.500 bits per heavy atom. The Morgan fingerprint density at radius 2 is 1.11 bits per heavy atom. The number of hydrogen-bond donors (Lipinski definition) is 0. The van der Waals surface area contributed by atoms with E-state index in [0.29, 0.717) is 0 Å². The van der Waals surface area contributed by atoms with Crippen LogP contribution in [0, 0.1) is 0 Å². The van der Waals surface area contributed by atoms with Crippen LogP contribution in [0.5, 0.6) is 0 Å². The number of nitrogens with zero attached hydrogens (tertiary/aromatic N) is 1. The van der Waals surface area contributed by atoms with Crippen LogP contribution in [0.25, 0.3) is 49.0 Å². The van der Waals surface area contributed by atoms with Crippen molar-refractivity contribution in [2.24, 2.45) is 0 Å². The van der Waals surface area contributed by atoms with Crippen LogP contribution in [0.2, 0.25) is 5.02 Å². The van der Waals surface area contributed by atoms with Crippen LogP contribution in [0.15, 0.2) is 97.1 Å². The van der Waals surface area contributed by atoms with Gasteiger partial charge in [-0.2, -0.15) is 0 Å². The lowest BCUT2D eigenvalue weighted by atomic mass is 9.97. The highest BCUT2D eigenvalue weighted by molar-refractivity contribution is 6.41. The second-order valence-electron chi connectivity index (χ2n) is 7.12. The minimum absolute atomic E-state index is 0.789. The van der Waals surface area contributed by atoms with E-state index < -0.39 is 0 Å². The second-order valence-corrected chi connectivity index (χ2v) is 7.53. The molecule has 0 atom stereocenters. The third-order valence-corrected chi connectivity index (χ3v) is 5.94. The van der Waals surface area contributed by atoms with E-state index in [4.69, 9.17) is 11.6 Å². The van der Waals surface area contributed by atoms with Crippen LogP contribution in [0.1, 0.15) is 0 Å². The molecule has 2 heteroatoms. The summed E-state index contributed by atoms with van der Waals surface area (Å²) in [7, 11) is 0. The zero-order valence-corrected chi connectivity index (χ0v) is 15.8. The van der Waals surface area contributed by atoms with Gasteiger partial charge in [0.1, 0.15) is 0 Å². The molecule has 0 fully saturated rings. The molecule has 0 saturated carbocycles. The van der Waals surface area contributed by atoms with Crippen molar-refractivity contribution < 1.29 is 0 Å². The molecular formula is C26H16ClN. The van der Waals surface area contributed by atoms with Crippen LogP contribution in [-0.4, -0.2) is 4.57 Å². The van der Waals surface area contributed by atoms with E-state index in [0.717, 1.165) is 21.6 Å². The van der Waals surface area contributed by atoms with Crippen LogP contribution in [-0.2, 0) is 0 Å². The van der Waals surface area contributed by atoms with E-state index in [2.05, 4.69) is 89.5 Å². The lowest BCUT2D eigenvalue weighted by molar-refractivity contribution is 1.19. The maximum Gasteiger partial charge on any atom is 0.0626 e. The fraction of sp³-hybridized carbons (Fsp3) is 0. The minimum Gasteiger partial charge on any atom is -0.309 e. The highest BCUT2D eigenvalue weighted by Gasteiger charge is 2.19. The fourth-order valence-corrected chi connectivity index (χ4v) is 4.78. The van der Waals surface area contributed by atoms with Crippen molar-refractivity contribution in [3.05, 3.63) is 102 Å². The van der Waals surface area contributed by atoms with Gasteiger partial charge < -0.3 is 4.57 Å². The summed E-state index contributed by atoms with van der Waals surface area (Å²) in [5.74, 6) is 0. The van der Waals surface area contributed by atoms with Crippen molar-refractivity contribution in [3.63, 3.8) is 0 Å². The van der Waals surface area contributed by atoms with Crippen molar-refractivity contribution >= 4 is 55.0 Å². The molecule has 5 aromatic carbocycles. The molecule has 0 spiro atoms. The monoisotopic (exact) mass is 377 g/mol. The van der Waals surface area contributed by atoms with Crippen molar-refractivity contribution in [1.82, 2.24) is 4.57 Å². The van der Waals surface area contributed by atoms with Crippen molar-refractivity contribution in [2.75, 3.05) is 0 Å². The van der Waals surface area contributed by atoms with Gasteiger partial charge in [0.25, 0.3) is 0 Å². The maximum absolute atomic E-state index is 6.78. The smallest absolute Gasteiger partial charge is 0.0626 e. The van der Waals surface area contributed by atoms with Gasteiger partial charge in [-0.3, -0.25) is 0 Å². The first-order chi connectivity index (χ1) is 13.8. The van der Waals surface area contributed by atoms with Crippen molar-refractivity contribution in [2.45, 2.75) is 0 Å². The number of halogens is 1. The largest absolute Gasteiger partial charge is 0.309 e. The van der Waals surface area contributed by atoms with Crippen molar-refractivity contribution in [3.8, 4) is 5.69 Å². The van der Waals surface area contributed by atoms with Gasteiger partial charge in [-0.15, -0.1) is 0 Å². The molecule has 28 heavy (non-hydrogen) atoms. The van der Waals surface area contributed by atoms with Crippen LogP contribution in [0.3, 0.4) is 0 Å². The number of para-hydroxylation sites is 1. The van der Waals surface area contributed by atoms with E-state index in [9.17, 15) is 0 Å². The number of fused-ring (bicyclic) bond motifs is 8. The fourth-order valence-electron chi connectivity index (χ4n) is 4.52. The average Bonchev–Trinajstić information content (AvgIpc) is 3.11. The average molecular weight is 378 g/mol. The van der Waals surface area contributed by atoms with Crippen LogP contribution < -0.4 is 0 Å². The van der Waals surface area contributed by atoms with Gasteiger partial charge in [0.2, 0.25) is 0 Å². The summed E-state index contributed by atoms with van der Waals surface area (Å²) in [5.41, 5.74) is 3.49. The molecule has 1 heterocycles. The van der Waals surface area contributed by atoms with Crippen LogP contribution >= 0.6 is 11.6 Å². The van der Waals surface area contributed by atoms with E-state index in [1.165, 1.54) is 32.4 Å². The Balaban J connectivity index is 2.04. The molecule has 0 amide bonds. The summed E-state index contributed by atoms with van der Waals surface area (Å²) in [5, 5.41) is 8.14. The van der Waals surface area contributed by atoms with Gasteiger partial charge in [-0.25, -0.2) is 0 Å². The Labute approximate surface area is 167 Å². The molecule has 0 N–H and O–H groups in total. The molecule has 0 radical (unpaired) electrons. The normalized spacial score (nSPS) is 11.8. The van der Waals surface area contributed by atoms with Crippen LogP contribution in [0.4, 0.5) is 0 Å². The van der Waals surface area contributed by atoms with Gasteiger partial charge >= 0.3 is 0 Å². The third-order valence-electron chi connectivity index (χ3n) is 5.63. The van der Waals surface area contributed by atoms with Gasteiger partial charge in [0, 0.05) is 21.8 Å². The summed E-state index contributed by atoms with van der Waals surface area (Å²) in [6.45, 7) is 0. The minimum atomic E-state index is 0.789. The second kappa shape index (κ2) is 5.85. The highest BCUT2D eigenvalue weighted by atomic mass is 35.5. The predicted octanol–water partition coefficient (Wildman–Crippen LogP) is 7.74. The molecule has 0 aliphatic heterocycles. The zero-order valence-electron chi connectivity index (χ0n) is 15.1.